The van der Waals surface area contributed by atoms with Crippen LogP contribution in [0.2, 0.25) is 0 Å². The Morgan fingerprint density at radius 1 is 1.28 bits per heavy atom. The molecule has 0 atom stereocenters. The largest absolute Gasteiger partial charge is 0.270 e. The van der Waals surface area contributed by atoms with E-state index in [-0.39, 0.29) is 10.6 Å². The topological polar surface area (TPSA) is 56.0 Å². The molecule has 0 aliphatic rings. The van der Waals surface area contributed by atoms with Gasteiger partial charge < -0.3 is 0 Å². The SMILES string of the molecule is CCCc1ccnc(-c2cccc([N+](=O)[O-])c2)c1. The van der Waals surface area contributed by atoms with E-state index in [0.29, 0.717) is 0 Å². The highest BCUT2D eigenvalue weighted by Crippen LogP contribution is 2.22. The Labute approximate surface area is 105 Å². The fourth-order valence-corrected chi connectivity index (χ4v) is 1.86. The summed E-state index contributed by atoms with van der Waals surface area (Å²) in [7, 11) is 0. The standard InChI is InChI=1S/C14H14N2O2/c1-2-4-11-7-8-15-14(9-11)12-5-3-6-13(10-12)16(17)18/h3,5-10H,2,4H2,1H3. The van der Waals surface area contributed by atoms with Crippen LogP contribution in [0.1, 0.15) is 18.9 Å². The molecule has 0 saturated heterocycles. The Kier molecular flexibility index (Phi) is 3.67. The van der Waals surface area contributed by atoms with Gasteiger partial charge in [0.1, 0.15) is 0 Å². The number of hydrogen-bond donors (Lipinski definition) is 0. The Morgan fingerprint density at radius 3 is 2.83 bits per heavy atom. The number of nitrogens with zero attached hydrogens (tertiary/aromatic N) is 2. The van der Waals surface area contributed by atoms with E-state index in [1.165, 1.54) is 11.6 Å². The molecule has 0 aliphatic heterocycles. The maximum Gasteiger partial charge on any atom is 0.270 e. The summed E-state index contributed by atoms with van der Waals surface area (Å²) in [6, 6.07) is 10.5. The predicted octanol–water partition coefficient (Wildman–Crippen LogP) is 3.61. The van der Waals surface area contributed by atoms with Crippen molar-refractivity contribution < 1.29 is 4.92 Å². The number of rotatable bonds is 4. The summed E-state index contributed by atoms with van der Waals surface area (Å²) in [6.45, 7) is 2.12. The summed E-state index contributed by atoms with van der Waals surface area (Å²) in [5.41, 5.74) is 2.86. The predicted molar refractivity (Wildman–Crippen MR) is 70.3 cm³/mol. The van der Waals surface area contributed by atoms with Crippen LogP contribution in [0.15, 0.2) is 42.6 Å². The summed E-state index contributed by atoms with van der Waals surface area (Å²) in [5.74, 6) is 0. The van der Waals surface area contributed by atoms with Gasteiger partial charge in [0.15, 0.2) is 0 Å². The highest BCUT2D eigenvalue weighted by atomic mass is 16.6. The van der Waals surface area contributed by atoms with E-state index >= 15 is 0 Å². The van der Waals surface area contributed by atoms with Crippen LogP contribution in [0.4, 0.5) is 5.69 Å². The van der Waals surface area contributed by atoms with Gasteiger partial charge in [-0.25, -0.2) is 0 Å². The van der Waals surface area contributed by atoms with Gasteiger partial charge in [-0.15, -0.1) is 0 Å². The zero-order chi connectivity index (χ0) is 13.0. The van der Waals surface area contributed by atoms with Gasteiger partial charge >= 0.3 is 0 Å². The van der Waals surface area contributed by atoms with Crippen molar-refractivity contribution in [3.63, 3.8) is 0 Å². The fraction of sp³-hybridized carbons (Fsp3) is 0.214. The molecule has 0 amide bonds. The number of hydrogen-bond acceptors (Lipinski definition) is 3. The lowest BCUT2D eigenvalue weighted by atomic mass is 10.1. The van der Waals surface area contributed by atoms with Crippen molar-refractivity contribution in [2.75, 3.05) is 0 Å². The number of aromatic nitrogens is 1. The Morgan fingerprint density at radius 2 is 2.11 bits per heavy atom. The Balaban J connectivity index is 2.38. The van der Waals surface area contributed by atoms with Crippen LogP contribution < -0.4 is 0 Å². The van der Waals surface area contributed by atoms with Crippen LogP contribution in [0.25, 0.3) is 11.3 Å². The van der Waals surface area contributed by atoms with Crippen molar-refractivity contribution in [3.05, 3.63) is 58.3 Å². The zero-order valence-electron chi connectivity index (χ0n) is 10.2. The number of nitro benzene ring substituents is 1. The summed E-state index contributed by atoms with van der Waals surface area (Å²) in [5, 5.41) is 10.7. The lowest BCUT2D eigenvalue weighted by Gasteiger charge is -2.03. The average Bonchev–Trinajstić information content (AvgIpc) is 2.39. The van der Waals surface area contributed by atoms with Crippen molar-refractivity contribution in [3.8, 4) is 11.3 Å². The molecule has 4 nitrogen and oxygen atoms in total. The third-order valence-corrected chi connectivity index (χ3v) is 2.72. The molecule has 1 aromatic heterocycles. The van der Waals surface area contributed by atoms with E-state index in [2.05, 4.69) is 11.9 Å². The van der Waals surface area contributed by atoms with E-state index in [1.807, 2.05) is 18.2 Å². The highest BCUT2D eigenvalue weighted by molar-refractivity contribution is 5.62. The molecule has 0 bridgehead atoms. The number of nitro groups is 1. The maximum absolute atomic E-state index is 10.7. The minimum absolute atomic E-state index is 0.0928. The molecular formula is C14H14N2O2. The minimum Gasteiger partial charge on any atom is -0.258 e. The van der Waals surface area contributed by atoms with Crippen LogP contribution in [-0.4, -0.2) is 9.91 Å². The summed E-state index contributed by atoms with van der Waals surface area (Å²) in [4.78, 5) is 14.6. The molecule has 0 spiro atoms. The van der Waals surface area contributed by atoms with Gasteiger partial charge in [-0.05, 0) is 24.1 Å². The van der Waals surface area contributed by atoms with Crippen molar-refractivity contribution >= 4 is 5.69 Å². The van der Waals surface area contributed by atoms with E-state index in [4.69, 9.17) is 0 Å². The molecule has 0 unspecified atom stereocenters. The monoisotopic (exact) mass is 242 g/mol. The first-order valence-electron chi connectivity index (χ1n) is 5.90. The smallest absolute Gasteiger partial charge is 0.258 e. The van der Waals surface area contributed by atoms with Crippen molar-refractivity contribution in [2.45, 2.75) is 19.8 Å². The molecular weight excluding hydrogens is 228 g/mol. The third-order valence-electron chi connectivity index (χ3n) is 2.72. The fourth-order valence-electron chi connectivity index (χ4n) is 1.86. The molecule has 0 saturated carbocycles. The third kappa shape index (κ3) is 2.71. The van der Waals surface area contributed by atoms with Gasteiger partial charge in [0, 0.05) is 23.9 Å². The van der Waals surface area contributed by atoms with Gasteiger partial charge in [-0.1, -0.05) is 25.5 Å². The molecule has 0 aliphatic carbocycles. The second-order valence-corrected chi connectivity index (χ2v) is 4.11. The van der Waals surface area contributed by atoms with Gasteiger partial charge in [-0.3, -0.25) is 15.1 Å². The molecule has 4 heteroatoms. The molecule has 18 heavy (non-hydrogen) atoms. The molecule has 1 aromatic carbocycles. The van der Waals surface area contributed by atoms with Crippen LogP contribution in [0, 0.1) is 10.1 Å². The number of pyridine rings is 1. The molecule has 0 fully saturated rings. The minimum atomic E-state index is -0.389. The first kappa shape index (κ1) is 12.2. The van der Waals surface area contributed by atoms with E-state index in [1.54, 1.807) is 18.3 Å². The number of non-ortho nitro benzene ring substituents is 1. The van der Waals surface area contributed by atoms with Crippen LogP contribution >= 0.6 is 0 Å². The summed E-state index contributed by atoms with van der Waals surface area (Å²) >= 11 is 0. The quantitative estimate of drug-likeness (QED) is 0.608. The molecule has 92 valence electrons. The summed E-state index contributed by atoms with van der Waals surface area (Å²) in [6.07, 6.45) is 3.81. The van der Waals surface area contributed by atoms with Crippen molar-refractivity contribution in [1.82, 2.24) is 4.98 Å². The lowest BCUT2D eigenvalue weighted by Crippen LogP contribution is -1.91. The molecule has 2 aromatic rings. The Hall–Kier alpha value is -2.23. The van der Waals surface area contributed by atoms with Crippen LogP contribution in [-0.2, 0) is 6.42 Å². The van der Waals surface area contributed by atoms with Gasteiger partial charge in [0.25, 0.3) is 5.69 Å². The van der Waals surface area contributed by atoms with Gasteiger partial charge in [0.2, 0.25) is 0 Å². The molecule has 1 heterocycles. The second kappa shape index (κ2) is 5.40. The van der Waals surface area contributed by atoms with Gasteiger partial charge in [-0.2, -0.15) is 0 Å². The zero-order valence-corrected chi connectivity index (χ0v) is 10.2. The van der Waals surface area contributed by atoms with Crippen LogP contribution in [0.3, 0.4) is 0 Å². The highest BCUT2D eigenvalue weighted by Gasteiger charge is 2.08. The van der Waals surface area contributed by atoms with E-state index in [9.17, 15) is 10.1 Å². The summed E-state index contributed by atoms with van der Waals surface area (Å²) < 4.78 is 0. The van der Waals surface area contributed by atoms with Crippen LogP contribution in [0.5, 0.6) is 0 Å². The van der Waals surface area contributed by atoms with E-state index in [0.717, 1.165) is 24.1 Å². The normalized spacial score (nSPS) is 10.3. The van der Waals surface area contributed by atoms with Crippen molar-refractivity contribution in [1.29, 1.82) is 0 Å². The molecule has 0 N–H and O–H groups in total. The van der Waals surface area contributed by atoms with E-state index < -0.39 is 0 Å². The maximum atomic E-state index is 10.7. The first-order valence-corrected chi connectivity index (χ1v) is 5.90. The average molecular weight is 242 g/mol. The first-order chi connectivity index (χ1) is 8.70. The Bertz CT molecular complexity index is 567. The lowest BCUT2D eigenvalue weighted by molar-refractivity contribution is -0.384. The molecule has 0 radical (unpaired) electrons. The number of benzene rings is 1. The molecule has 2 rings (SSSR count). The van der Waals surface area contributed by atoms with Gasteiger partial charge in [0.05, 0.1) is 10.6 Å². The number of aryl methyl sites for hydroxylation is 1. The second-order valence-electron chi connectivity index (χ2n) is 4.11. The van der Waals surface area contributed by atoms with Crippen molar-refractivity contribution in [2.24, 2.45) is 0 Å².